The van der Waals surface area contributed by atoms with Gasteiger partial charge in [0.2, 0.25) is 11.9 Å². The molecule has 0 bridgehead atoms. The summed E-state index contributed by atoms with van der Waals surface area (Å²) in [6, 6.07) is 22.2. The number of rotatable bonds is 20. The zero-order valence-corrected chi connectivity index (χ0v) is 36.1. The van der Waals surface area contributed by atoms with Gasteiger partial charge in [-0.25, -0.2) is 11.0 Å². The smallest absolute Gasteiger partial charge is 0.237 e. The minimum Gasteiger partial charge on any atom is -0.375 e. The number of nitrogens with one attached hydrogen (secondary N) is 3. The van der Waals surface area contributed by atoms with Gasteiger partial charge < -0.3 is 21.6 Å². The normalized spacial score (nSPS) is 12.0. The number of hydrogen-bond acceptors (Lipinski definition) is 9. The average Bonchev–Trinajstić information content (AvgIpc) is 3.16. The van der Waals surface area contributed by atoms with Crippen LogP contribution in [-0.2, 0) is 14.4 Å². The SMILES string of the molecule is CC(C)CCOCC(=N)CN=Cc1ccccc1Cl.CC(C)CCON/C(N)=N/N=C/c1ccccc1Cl.CC(C)CCONC(N)=N/N=C/c1ccccc1Cl. The molecule has 0 aromatic heterocycles. The van der Waals surface area contributed by atoms with E-state index in [-0.39, 0.29) is 11.9 Å². The van der Waals surface area contributed by atoms with Gasteiger partial charge in [0, 0.05) is 44.6 Å². The summed E-state index contributed by atoms with van der Waals surface area (Å²) in [6.45, 7) is 15.3. The molecule has 0 aliphatic rings. The molecule has 0 spiro atoms. The number of aliphatic imine (C=N–C) groups is 1. The van der Waals surface area contributed by atoms with Gasteiger partial charge in [0.1, 0.15) is 0 Å². The highest BCUT2D eigenvalue weighted by Gasteiger charge is 2.00. The van der Waals surface area contributed by atoms with Crippen LogP contribution in [0.1, 0.15) is 77.5 Å². The molecule has 3 aromatic carbocycles. The summed E-state index contributed by atoms with van der Waals surface area (Å²) in [7, 11) is 0. The molecule has 0 saturated carbocycles. The van der Waals surface area contributed by atoms with Crippen molar-refractivity contribution in [2.24, 2.45) is 54.6 Å². The topological polar surface area (TPSA) is 189 Å². The first-order chi connectivity index (χ1) is 27.3. The average molecular weight is 846 g/mol. The van der Waals surface area contributed by atoms with Crippen molar-refractivity contribution in [2.75, 3.05) is 33.0 Å². The molecule has 0 aliphatic heterocycles. The Morgan fingerprint density at radius 1 is 0.614 bits per heavy atom. The second-order valence-electron chi connectivity index (χ2n) is 13.6. The largest absolute Gasteiger partial charge is 0.375 e. The Morgan fingerprint density at radius 2 is 0.982 bits per heavy atom. The predicted molar refractivity (Wildman–Crippen MR) is 240 cm³/mol. The predicted octanol–water partition coefficient (Wildman–Crippen LogP) is 8.95. The van der Waals surface area contributed by atoms with Gasteiger partial charge in [-0.15, -0.1) is 10.2 Å². The highest BCUT2D eigenvalue weighted by atomic mass is 35.5. The van der Waals surface area contributed by atoms with Crippen LogP contribution >= 0.6 is 34.8 Å². The summed E-state index contributed by atoms with van der Waals surface area (Å²) in [5, 5.41) is 24.8. The molecule has 0 unspecified atom stereocenters. The van der Waals surface area contributed by atoms with E-state index in [1.165, 1.54) is 12.4 Å². The Bertz CT molecular complexity index is 1630. The molecule has 0 fully saturated rings. The van der Waals surface area contributed by atoms with Crippen molar-refractivity contribution in [3.8, 4) is 0 Å². The Kier molecular flexibility index (Phi) is 28.2. The number of hydrogen-bond donors (Lipinski definition) is 5. The minimum absolute atomic E-state index is 0.104. The Labute approximate surface area is 353 Å². The lowest BCUT2D eigenvalue weighted by Crippen LogP contribution is -2.31. The number of nitrogens with zero attached hydrogens (tertiary/aromatic N) is 5. The molecule has 0 heterocycles. The van der Waals surface area contributed by atoms with Crippen molar-refractivity contribution in [3.05, 3.63) is 105 Å². The lowest BCUT2D eigenvalue weighted by Gasteiger charge is -2.06. The maximum absolute atomic E-state index is 7.72. The van der Waals surface area contributed by atoms with Gasteiger partial charge in [0.05, 0.1) is 44.5 Å². The third kappa shape index (κ3) is 27.8. The van der Waals surface area contributed by atoms with E-state index in [0.29, 0.717) is 71.5 Å². The summed E-state index contributed by atoms with van der Waals surface area (Å²) >= 11 is 17.9. The van der Waals surface area contributed by atoms with Gasteiger partial charge in [-0.2, -0.15) is 10.2 Å². The zero-order chi connectivity index (χ0) is 42.3. The van der Waals surface area contributed by atoms with Gasteiger partial charge in [-0.05, 0) is 55.2 Å². The molecule has 3 rings (SSSR count). The molecule has 13 nitrogen and oxygen atoms in total. The number of ether oxygens (including phenoxy) is 1. The molecular weight excluding hydrogens is 787 g/mol. The van der Waals surface area contributed by atoms with Crippen LogP contribution in [0.5, 0.6) is 0 Å². The van der Waals surface area contributed by atoms with Crippen molar-refractivity contribution < 1.29 is 14.4 Å². The van der Waals surface area contributed by atoms with Crippen molar-refractivity contribution in [2.45, 2.75) is 60.8 Å². The second-order valence-corrected chi connectivity index (χ2v) is 14.8. The number of halogens is 3. The minimum atomic E-state index is 0.104. The summed E-state index contributed by atoms with van der Waals surface area (Å²) in [6.07, 6.45) is 7.68. The number of nitrogens with two attached hydrogens (primary N) is 2. The molecule has 16 heteroatoms. The molecule has 0 atom stereocenters. The molecule has 7 N–H and O–H groups in total. The van der Waals surface area contributed by atoms with Crippen LogP contribution in [0.4, 0.5) is 0 Å². The summed E-state index contributed by atoms with van der Waals surface area (Å²) in [4.78, 5) is 14.5. The van der Waals surface area contributed by atoms with Crippen molar-refractivity contribution in [1.82, 2.24) is 11.0 Å². The van der Waals surface area contributed by atoms with Crippen LogP contribution in [0.15, 0.2) is 98.2 Å². The first-order valence-corrected chi connectivity index (χ1v) is 19.8. The summed E-state index contributed by atoms with van der Waals surface area (Å²) in [5.74, 6) is 2.00. The molecular formula is C41H59Cl3N10O3. The van der Waals surface area contributed by atoms with Gasteiger partial charge in [-0.1, -0.05) is 131 Å². The molecule has 0 amide bonds. The van der Waals surface area contributed by atoms with Crippen LogP contribution < -0.4 is 22.4 Å². The van der Waals surface area contributed by atoms with Crippen LogP contribution in [0.3, 0.4) is 0 Å². The fourth-order valence-corrected chi connectivity index (χ4v) is 4.29. The molecule has 0 radical (unpaired) electrons. The van der Waals surface area contributed by atoms with Crippen LogP contribution in [0.2, 0.25) is 15.1 Å². The van der Waals surface area contributed by atoms with Crippen molar-refractivity contribution in [3.63, 3.8) is 0 Å². The van der Waals surface area contributed by atoms with Crippen LogP contribution in [-0.4, -0.2) is 69.2 Å². The lowest BCUT2D eigenvalue weighted by atomic mass is 10.1. The fraction of sp³-hybridized carbons (Fsp3) is 0.415. The van der Waals surface area contributed by atoms with Gasteiger partial charge in [-0.3, -0.25) is 14.7 Å². The fourth-order valence-electron chi connectivity index (χ4n) is 3.74. The van der Waals surface area contributed by atoms with E-state index < -0.39 is 0 Å². The molecule has 0 saturated heterocycles. The van der Waals surface area contributed by atoms with E-state index in [2.05, 4.69) is 77.9 Å². The standard InChI is InChI=1S/C15H21ClN2O.2C13H19ClN4O/c1-12(2)7-8-19-11-14(17)10-18-9-13-5-3-4-6-15(13)16;2*1-10(2)7-8-19-18-13(15)17-16-9-11-5-3-4-6-12(11)14/h3-6,9,12,17H,7-8,10-11H2,1-2H3;2*3-6,9-10H,7-8H2,1-2H3,(H3,15,17,18)/b;2*16-9+. The van der Waals surface area contributed by atoms with Gasteiger partial charge in [0.25, 0.3) is 0 Å². The van der Waals surface area contributed by atoms with Crippen LogP contribution in [0, 0.1) is 23.2 Å². The first kappa shape index (κ1) is 50.6. The molecule has 0 aliphatic carbocycles. The Balaban J connectivity index is 0.000000427. The van der Waals surface area contributed by atoms with Gasteiger partial charge in [0.15, 0.2) is 0 Å². The number of benzene rings is 3. The molecule has 3 aromatic rings. The summed E-state index contributed by atoms with van der Waals surface area (Å²) < 4.78 is 5.41. The van der Waals surface area contributed by atoms with Crippen molar-refractivity contribution >= 4 is 71.1 Å². The van der Waals surface area contributed by atoms with Crippen LogP contribution in [0.25, 0.3) is 0 Å². The Hall–Kier alpha value is -4.37. The first-order valence-electron chi connectivity index (χ1n) is 18.6. The highest BCUT2D eigenvalue weighted by Crippen LogP contribution is 2.14. The maximum atomic E-state index is 7.72. The van der Waals surface area contributed by atoms with E-state index in [9.17, 15) is 0 Å². The van der Waals surface area contributed by atoms with E-state index >= 15 is 0 Å². The van der Waals surface area contributed by atoms with E-state index in [1.807, 2.05) is 60.7 Å². The molecule has 57 heavy (non-hydrogen) atoms. The van der Waals surface area contributed by atoms with Gasteiger partial charge >= 0.3 is 0 Å². The number of guanidine groups is 2. The van der Waals surface area contributed by atoms with E-state index in [1.54, 1.807) is 18.3 Å². The summed E-state index contributed by atoms with van der Waals surface area (Å²) in [5.41, 5.74) is 19.1. The highest BCUT2D eigenvalue weighted by molar-refractivity contribution is 6.33. The zero-order valence-electron chi connectivity index (χ0n) is 33.8. The third-order valence-electron chi connectivity index (χ3n) is 7.02. The number of hydroxylamine groups is 2. The van der Waals surface area contributed by atoms with E-state index in [4.69, 9.17) is 66.1 Å². The monoisotopic (exact) mass is 844 g/mol. The lowest BCUT2D eigenvalue weighted by molar-refractivity contribution is 0.0754. The van der Waals surface area contributed by atoms with E-state index in [0.717, 1.165) is 36.0 Å². The second kappa shape index (κ2) is 31.7. The third-order valence-corrected chi connectivity index (χ3v) is 8.05. The molecule has 312 valence electrons. The Morgan fingerprint density at radius 3 is 1.37 bits per heavy atom. The maximum Gasteiger partial charge on any atom is 0.237 e. The quantitative estimate of drug-likeness (QED) is 0.0325. The van der Waals surface area contributed by atoms with Crippen molar-refractivity contribution in [1.29, 1.82) is 5.41 Å².